The summed E-state index contributed by atoms with van der Waals surface area (Å²) >= 11 is 0. The first-order chi connectivity index (χ1) is 12.9. The molecule has 4 heterocycles. The summed E-state index contributed by atoms with van der Waals surface area (Å²) in [6, 6.07) is 0. The van der Waals surface area contributed by atoms with Crippen molar-refractivity contribution in [2.24, 2.45) is 17.3 Å². The number of methoxy groups -OCH3 is 1. The molecule has 3 saturated heterocycles. The fourth-order valence-electron chi connectivity index (χ4n) is 8.02. The Morgan fingerprint density at radius 1 is 1.19 bits per heavy atom. The molecule has 7 aliphatic rings. The highest BCUT2D eigenvalue weighted by Crippen LogP contribution is 2.83. The van der Waals surface area contributed by atoms with E-state index in [2.05, 4.69) is 20.8 Å². The highest BCUT2D eigenvalue weighted by atomic mass is 16.8. The number of fused-ring (bicyclic) bond motifs is 4. The molecular formula is C21H26O6. The summed E-state index contributed by atoms with van der Waals surface area (Å²) < 4.78 is 31.1. The molecule has 6 nitrogen and oxygen atoms in total. The number of esters is 1. The molecule has 0 aromatic rings. The fraction of sp³-hybridized carbons (Fsp3) is 0.857. The standard InChI is InChI=1S/C21H26O6/c1-9(2)19-14(26-19)15-21(27-15)18(3)6-5-10-11(8-24-16(10)22)12(18)7-13-20(21,25-13)17(19)23-4/h9,12-15,17H,5-8H2,1-4H3/t12-,13-,14-,15-,17+,18-,19-,20+,21+/m0/s1. The second-order valence-corrected chi connectivity index (χ2v) is 10.1. The monoisotopic (exact) mass is 374 g/mol. The van der Waals surface area contributed by atoms with E-state index >= 15 is 0 Å². The molecule has 9 atom stereocenters. The fourth-order valence-corrected chi connectivity index (χ4v) is 8.02. The maximum atomic E-state index is 12.1. The van der Waals surface area contributed by atoms with Crippen molar-refractivity contribution in [1.82, 2.24) is 0 Å². The van der Waals surface area contributed by atoms with Crippen LogP contribution >= 0.6 is 0 Å². The van der Waals surface area contributed by atoms with Crippen molar-refractivity contribution in [2.75, 3.05) is 13.7 Å². The predicted octanol–water partition coefficient (Wildman–Crippen LogP) is 1.76. The Morgan fingerprint density at radius 3 is 2.74 bits per heavy atom. The Labute approximate surface area is 158 Å². The second kappa shape index (κ2) is 4.16. The molecule has 0 bridgehead atoms. The molecule has 0 N–H and O–H groups in total. The SMILES string of the molecule is CO[C@@H]1[C@@]2(C(C)C)O[C@H]2[C@@H]2O[C@]23[C@]12O[C@H]2C[C@H]1C2=C(CC[C@@]13C)C(=O)OC2. The van der Waals surface area contributed by atoms with Crippen LogP contribution in [0.2, 0.25) is 0 Å². The highest BCUT2D eigenvalue weighted by molar-refractivity contribution is 5.92. The van der Waals surface area contributed by atoms with Crippen LogP contribution in [0.15, 0.2) is 11.1 Å². The number of carbonyl (C=O) groups is 1. The maximum Gasteiger partial charge on any atom is 0.334 e. The zero-order valence-electron chi connectivity index (χ0n) is 16.2. The first-order valence-electron chi connectivity index (χ1n) is 10.3. The Bertz CT molecular complexity index is 835. The average molecular weight is 374 g/mol. The number of carbonyl (C=O) groups excluding carboxylic acids is 1. The molecular weight excluding hydrogens is 348 g/mol. The van der Waals surface area contributed by atoms with Gasteiger partial charge in [-0.3, -0.25) is 0 Å². The van der Waals surface area contributed by atoms with Gasteiger partial charge in [0, 0.05) is 18.1 Å². The minimum atomic E-state index is -0.406. The lowest BCUT2D eigenvalue weighted by atomic mass is 9.46. The van der Waals surface area contributed by atoms with E-state index in [1.54, 1.807) is 7.11 Å². The minimum Gasteiger partial charge on any atom is -0.458 e. The molecule has 0 aromatic heterocycles. The lowest BCUT2D eigenvalue weighted by molar-refractivity contribution is -0.136. The van der Waals surface area contributed by atoms with E-state index in [-0.39, 0.29) is 52.9 Å². The third-order valence-corrected chi connectivity index (χ3v) is 9.30. The van der Waals surface area contributed by atoms with Crippen LogP contribution in [0.25, 0.3) is 0 Å². The Balaban J connectivity index is 1.39. The predicted molar refractivity (Wildman–Crippen MR) is 91.9 cm³/mol. The minimum absolute atomic E-state index is 0.0734. The van der Waals surface area contributed by atoms with Gasteiger partial charge in [-0.1, -0.05) is 20.8 Å². The second-order valence-electron chi connectivity index (χ2n) is 10.1. The number of ether oxygens (including phenoxy) is 5. The van der Waals surface area contributed by atoms with Crippen molar-refractivity contribution < 1.29 is 28.5 Å². The molecule has 27 heavy (non-hydrogen) atoms. The summed E-state index contributed by atoms with van der Waals surface area (Å²) in [5.41, 5.74) is 0.978. The zero-order chi connectivity index (χ0) is 18.6. The van der Waals surface area contributed by atoms with Crippen molar-refractivity contribution in [2.45, 2.75) is 81.3 Å². The number of hydrogen-bond acceptors (Lipinski definition) is 6. The summed E-state index contributed by atoms with van der Waals surface area (Å²) in [4.78, 5) is 12.1. The highest BCUT2D eigenvalue weighted by Gasteiger charge is 3.00. The van der Waals surface area contributed by atoms with Gasteiger partial charge in [-0.05, 0) is 36.7 Å². The molecule has 146 valence electrons. The molecule has 4 aliphatic heterocycles. The van der Waals surface area contributed by atoms with Crippen LogP contribution in [0.4, 0.5) is 0 Å². The topological polar surface area (TPSA) is 73.1 Å². The number of rotatable bonds is 2. The first kappa shape index (κ1) is 15.9. The molecule has 7 rings (SSSR count). The van der Waals surface area contributed by atoms with Gasteiger partial charge in [0.25, 0.3) is 0 Å². The van der Waals surface area contributed by atoms with Gasteiger partial charge >= 0.3 is 5.97 Å². The van der Waals surface area contributed by atoms with E-state index in [1.807, 2.05) is 0 Å². The molecule has 0 unspecified atom stereocenters. The molecule has 6 heteroatoms. The van der Waals surface area contributed by atoms with E-state index in [0.717, 1.165) is 24.8 Å². The summed E-state index contributed by atoms with van der Waals surface area (Å²) in [5.74, 6) is 0.510. The molecule has 0 radical (unpaired) electrons. The number of epoxide rings is 3. The van der Waals surface area contributed by atoms with Crippen molar-refractivity contribution >= 4 is 5.97 Å². The Kier molecular flexibility index (Phi) is 2.45. The van der Waals surface area contributed by atoms with Gasteiger partial charge in [0.15, 0.2) is 5.60 Å². The summed E-state index contributed by atoms with van der Waals surface area (Å²) in [6.45, 7) is 7.21. The Morgan fingerprint density at radius 2 is 2.00 bits per heavy atom. The van der Waals surface area contributed by atoms with Crippen molar-refractivity contribution in [1.29, 1.82) is 0 Å². The van der Waals surface area contributed by atoms with Gasteiger partial charge < -0.3 is 23.7 Å². The average Bonchev–Trinajstić information content (AvgIpc) is 3.52. The third kappa shape index (κ3) is 1.30. The lowest BCUT2D eigenvalue weighted by Gasteiger charge is -2.53. The molecule has 2 saturated carbocycles. The molecule has 3 aliphatic carbocycles. The van der Waals surface area contributed by atoms with E-state index in [1.165, 1.54) is 5.57 Å². The summed E-state index contributed by atoms with van der Waals surface area (Å²) in [5, 5.41) is 0. The molecule has 5 fully saturated rings. The van der Waals surface area contributed by atoms with Crippen molar-refractivity contribution in [3.05, 3.63) is 11.1 Å². The molecule has 0 aromatic carbocycles. The van der Waals surface area contributed by atoms with Crippen molar-refractivity contribution in [3.8, 4) is 0 Å². The van der Waals surface area contributed by atoms with Crippen LogP contribution in [0.5, 0.6) is 0 Å². The molecule has 0 amide bonds. The van der Waals surface area contributed by atoms with Gasteiger partial charge in [0.05, 0.1) is 6.10 Å². The maximum absolute atomic E-state index is 12.1. The van der Waals surface area contributed by atoms with Gasteiger partial charge in [-0.25, -0.2) is 4.79 Å². The summed E-state index contributed by atoms with van der Waals surface area (Å²) in [7, 11) is 1.79. The van der Waals surface area contributed by atoms with E-state index in [9.17, 15) is 4.79 Å². The number of cyclic esters (lactones) is 1. The van der Waals surface area contributed by atoms with Crippen LogP contribution in [0, 0.1) is 17.3 Å². The normalized spacial score (nSPS) is 61.2. The largest absolute Gasteiger partial charge is 0.458 e. The van der Waals surface area contributed by atoms with Crippen LogP contribution in [0.1, 0.15) is 40.0 Å². The molecule has 2 spiro atoms. The van der Waals surface area contributed by atoms with Gasteiger partial charge in [-0.2, -0.15) is 0 Å². The van der Waals surface area contributed by atoms with Crippen LogP contribution in [-0.4, -0.2) is 60.9 Å². The van der Waals surface area contributed by atoms with Gasteiger partial charge in [0.1, 0.15) is 36.1 Å². The number of hydrogen-bond donors (Lipinski definition) is 0. The van der Waals surface area contributed by atoms with E-state index in [4.69, 9.17) is 23.7 Å². The van der Waals surface area contributed by atoms with Gasteiger partial charge in [-0.15, -0.1) is 0 Å². The first-order valence-corrected chi connectivity index (χ1v) is 10.3. The van der Waals surface area contributed by atoms with E-state index < -0.39 is 5.60 Å². The van der Waals surface area contributed by atoms with Crippen LogP contribution in [0.3, 0.4) is 0 Å². The summed E-state index contributed by atoms with van der Waals surface area (Å²) in [6.07, 6.45) is 2.79. The van der Waals surface area contributed by atoms with Crippen molar-refractivity contribution in [3.63, 3.8) is 0 Å². The third-order valence-electron chi connectivity index (χ3n) is 9.30. The van der Waals surface area contributed by atoms with Crippen LogP contribution in [-0.2, 0) is 28.5 Å². The zero-order valence-corrected chi connectivity index (χ0v) is 16.2. The van der Waals surface area contributed by atoms with Crippen LogP contribution < -0.4 is 0 Å². The van der Waals surface area contributed by atoms with E-state index in [0.29, 0.717) is 12.5 Å². The smallest absolute Gasteiger partial charge is 0.334 e. The quantitative estimate of drug-likeness (QED) is 0.542. The Hall–Kier alpha value is -0.950. The lowest BCUT2D eigenvalue weighted by Crippen LogP contribution is -2.69. The van der Waals surface area contributed by atoms with Gasteiger partial charge in [0.2, 0.25) is 0 Å².